The highest BCUT2D eigenvalue weighted by atomic mass is 16.3. The molecule has 8 nitrogen and oxygen atoms in total. The van der Waals surface area contributed by atoms with E-state index in [0.29, 0.717) is 30.3 Å². The number of aliphatic hydroxyl groups is 1. The second-order valence-electron chi connectivity index (χ2n) is 6.38. The van der Waals surface area contributed by atoms with Gasteiger partial charge in [0.1, 0.15) is 0 Å². The van der Waals surface area contributed by atoms with Crippen LogP contribution in [0.25, 0.3) is 22.3 Å². The molecule has 3 N–H and O–H groups in total. The van der Waals surface area contributed by atoms with Crippen molar-refractivity contribution in [3.63, 3.8) is 0 Å². The second kappa shape index (κ2) is 8.59. The lowest BCUT2D eigenvalue weighted by atomic mass is 10.1. The van der Waals surface area contributed by atoms with Crippen molar-refractivity contribution in [2.75, 3.05) is 13.2 Å². The molecule has 0 aromatic carbocycles. The Kier molecular flexibility index (Phi) is 5.97. The number of hydrogen-bond acceptors (Lipinski definition) is 6. The van der Waals surface area contributed by atoms with Crippen molar-refractivity contribution in [2.45, 2.75) is 32.7 Å². The zero-order chi connectivity index (χ0) is 19.2. The maximum atomic E-state index is 8.88. The van der Waals surface area contributed by atoms with Gasteiger partial charge in [-0.3, -0.25) is 4.68 Å². The zero-order valence-electron chi connectivity index (χ0n) is 15.6. The average molecular weight is 367 g/mol. The summed E-state index contributed by atoms with van der Waals surface area (Å²) in [6.07, 6.45) is 12.0. The Labute approximate surface area is 158 Å². The third kappa shape index (κ3) is 4.06. The average Bonchev–Trinajstić information content (AvgIpc) is 3.36. The van der Waals surface area contributed by atoms with Gasteiger partial charge in [-0.25, -0.2) is 9.50 Å². The summed E-state index contributed by atoms with van der Waals surface area (Å²) in [6.45, 7) is 5.02. The van der Waals surface area contributed by atoms with Crippen molar-refractivity contribution in [3.8, 4) is 11.3 Å². The third-order valence-corrected chi connectivity index (χ3v) is 4.50. The molecule has 0 aliphatic rings. The Hall–Kier alpha value is -3.00. The number of aliphatic hydroxyl groups excluding tert-OH is 1. The largest absolute Gasteiger partial charge is 0.396 e. The van der Waals surface area contributed by atoms with Crippen LogP contribution < -0.4 is 5.32 Å². The molecule has 0 saturated carbocycles. The van der Waals surface area contributed by atoms with E-state index in [1.165, 1.54) is 6.21 Å². The van der Waals surface area contributed by atoms with Crippen molar-refractivity contribution in [3.05, 3.63) is 42.7 Å². The molecule has 8 heteroatoms. The standard InChI is InChI=1S/C19H25N7O/c1-3-14(2)25-12-16(11-23-25)19-18-5-7-22-26(18)13-17(24-19)15(9-20)10-21-6-4-8-27/h5,7,9-14,20-21,27H,3-4,6,8H2,1-2H3/b15-10+,20-9?. The van der Waals surface area contributed by atoms with Crippen LogP contribution in [0.15, 0.2) is 37.1 Å². The van der Waals surface area contributed by atoms with Crippen LogP contribution >= 0.6 is 0 Å². The molecule has 0 fully saturated rings. The smallest absolute Gasteiger partial charge is 0.0999 e. The minimum absolute atomic E-state index is 0.128. The number of allylic oxidation sites excluding steroid dienone is 1. The van der Waals surface area contributed by atoms with Gasteiger partial charge in [0.25, 0.3) is 0 Å². The van der Waals surface area contributed by atoms with Crippen LogP contribution in [0.4, 0.5) is 0 Å². The van der Waals surface area contributed by atoms with Gasteiger partial charge in [-0.05, 0) is 25.8 Å². The Morgan fingerprint density at radius 1 is 1.37 bits per heavy atom. The van der Waals surface area contributed by atoms with E-state index >= 15 is 0 Å². The van der Waals surface area contributed by atoms with E-state index in [1.54, 1.807) is 16.9 Å². The lowest BCUT2D eigenvalue weighted by Gasteiger charge is -2.09. The number of nitrogens with one attached hydrogen (secondary N) is 2. The minimum atomic E-state index is 0.128. The topological polar surface area (TPSA) is 104 Å². The van der Waals surface area contributed by atoms with Crippen molar-refractivity contribution >= 4 is 17.3 Å². The fourth-order valence-corrected chi connectivity index (χ4v) is 2.72. The summed E-state index contributed by atoms with van der Waals surface area (Å²) in [5.41, 5.74) is 3.87. The van der Waals surface area contributed by atoms with Gasteiger partial charge in [0.05, 0.1) is 35.5 Å². The second-order valence-corrected chi connectivity index (χ2v) is 6.38. The lowest BCUT2D eigenvalue weighted by Crippen LogP contribution is -2.10. The number of hydrogen-bond donors (Lipinski definition) is 3. The number of nitrogens with zero attached hydrogens (tertiary/aromatic N) is 5. The fourth-order valence-electron chi connectivity index (χ4n) is 2.72. The molecule has 0 aliphatic heterocycles. The van der Waals surface area contributed by atoms with E-state index in [9.17, 15) is 0 Å². The third-order valence-electron chi connectivity index (χ3n) is 4.50. The Morgan fingerprint density at radius 2 is 2.22 bits per heavy atom. The first kappa shape index (κ1) is 18.8. The molecule has 3 aromatic rings. The lowest BCUT2D eigenvalue weighted by molar-refractivity contribution is 0.288. The van der Waals surface area contributed by atoms with Gasteiger partial charge in [-0.15, -0.1) is 0 Å². The summed E-state index contributed by atoms with van der Waals surface area (Å²) in [6, 6.07) is 2.23. The summed E-state index contributed by atoms with van der Waals surface area (Å²) in [5, 5.41) is 28.5. The van der Waals surface area contributed by atoms with Crippen LogP contribution in [0.1, 0.15) is 38.4 Å². The van der Waals surface area contributed by atoms with Crippen LogP contribution in [0, 0.1) is 5.41 Å². The number of aromatic nitrogens is 5. The van der Waals surface area contributed by atoms with Crippen molar-refractivity contribution in [2.24, 2.45) is 0 Å². The number of rotatable bonds is 9. The molecule has 0 spiro atoms. The molecule has 27 heavy (non-hydrogen) atoms. The summed E-state index contributed by atoms with van der Waals surface area (Å²) in [4.78, 5) is 4.79. The van der Waals surface area contributed by atoms with Crippen molar-refractivity contribution < 1.29 is 5.11 Å². The van der Waals surface area contributed by atoms with Gasteiger partial charge in [0.15, 0.2) is 0 Å². The minimum Gasteiger partial charge on any atom is -0.396 e. The fraction of sp³-hybridized carbons (Fsp3) is 0.368. The molecule has 3 rings (SSSR count). The summed E-state index contributed by atoms with van der Waals surface area (Å²) >= 11 is 0. The molecule has 1 atom stereocenters. The predicted molar refractivity (Wildman–Crippen MR) is 106 cm³/mol. The van der Waals surface area contributed by atoms with Crippen LogP contribution in [0.2, 0.25) is 0 Å². The molecule has 142 valence electrons. The molecule has 0 amide bonds. The quantitative estimate of drug-likeness (QED) is 0.398. The first-order valence-corrected chi connectivity index (χ1v) is 9.12. The Bertz CT molecular complexity index is 941. The van der Waals surface area contributed by atoms with Crippen LogP contribution in [0.5, 0.6) is 0 Å². The monoisotopic (exact) mass is 367 g/mol. The van der Waals surface area contributed by atoms with E-state index in [4.69, 9.17) is 15.5 Å². The van der Waals surface area contributed by atoms with Gasteiger partial charge in [-0.2, -0.15) is 10.2 Å². The van der Waals surface area contributed by atoms with E-state index in [0.717, 1.165) is 23.2 Å². The SMILES string of the molecule is CCC(C)n1cc(-c2nc(/C(C=N)=C/NCCCO)cn3nccc23)cn1. The van der Waals surface area contributed by atoms with Crippen molar-refractivity contribution in [1.29, 1.82) is 5.41 Å². The predicted octanol–water partition coefficient (Wildman–Crippen LogP) is 2.53. The van der Waals surface area contributed by atoms with Gasteiger partial charge < -0.3 is 15.8 Å². The Balaban J connectivity index is 2.01. The Morgan fingerprint density at radius 3 is 2.96 bits per heavy atom. The molecule has 0 bridgehead atoms. The highest BCUT2D eigenvalue weighted by Crippen LogP contribution is 2.25. The zero-order valence-corrected chi connectivity index (χ0v) is 15.6. The van der Waals surface area contributed by atoms with Crippen LogP contribution in [-0.2, 0) is 0 Å². The van der Waals surface area contributed by atoms with Gasteiger partial charge in [0.2, 0.25) is 0 Å². The van der Waals surface area contributed by atoms with Crippen LogP contribution in [-0.4, -0.2) is 48.9 Å². The normalized spacial score (nSPS) is 13.1. The molecule has 1 unspecified atom stereocenters. The molecular weight excluding hydrogens is 342 g/mol. The van der Waals surface area contributed by atoms with E-state index in [-0.39, 0.29) is 6.61 Å². The first-order valence-electron chi connectivity index (χ1n) is 9.12. The van der Waals surface area contributed by atoms with Gasteiger partial charge in [-0.1, -0.05) is 6.92 Å². The first-order chi connectivity index (χ1) is 13.2. The van der Waals surface area contributed by atoms with E-state index in [1.807, 2.05) is 29.3 Å². The summed E-state index contributed by atoms with van der Waals surface area (Å²) in [5.74, 6) is 0. The van der Waals surface area contributed by atoms with E-state index in [2.05, 4.69) is 29.4 Å². The summed E-state index contributed by atoms with van der Waals surface area (Å²) < 4.78 is 3.71. The highest BCUT2D eigenvalue weighted by Gasteiger charge is 2.14. The highest BCUT2D eigenvalue weighted by molar-refractivity contribution is 6.07. The van der Waals surface area contributed by atoms with Crippen LogP contribution in [0.3, 0.4) is 0 Å². The van der Waals surface area contributed by atoms with E-state index < -0.39 is 0 Å². The molecular formula is C19H25N7O. The molecule has 3 heterocycles. The molecule has 0 radical (unpaired) electrons. The number of fused-ring (bicyclic) bond motifs is 1. The van der Waals surface area contributed by atoms with Gasteiger partial charge in [0, 0.05) is 48.9 Å². The van der Waals surface area contributed by atoms with Crippen molar-refractivity contribution in [1.82, 2.24) is 29.7 Å². The maximum Gasteiger partial charge on any atom is 0.0999 e. The van der Waals surface area contributed by atoms with Gasteiger partial charge >= 0.3 is 0 Å². The molecule has 3 aromatic heterocycles. The maximum absolute atomic E-state index is 8.88. The molecule has 0 aliphatic carbocycles. The summed E-state index contributed by atoms with van der Waals surface area (Å²) in [7, 11) is 0. The molecule has 0 saturated heterocycles.